The molecule has 0 saturated heterocycles. The minimum absolute atomic E-state index is 0. The third-order valence-electron chi connectivity index (χ3n) is 22.4. The monoisotopic (exact) mass is 2730 g/mol. The van der Waals surface area contributed by atoms with Crippen LogP contribution in [-0.2, 0) is 101 Å². The molecule has 11 aromatic carbocycles. The minimum atomic E-state index is 0. The van der Waals surface area contributed by atoms with Crippen molar-refractivity contribution >= 4 is 44.8 Å². The Kier molecular flexibility index (Phi) is 38.9. The van der Waals surface area contributed by atoms with Crippen LogP contribution in [0.1, 0.15) is 72.3 Å². The van der Waals surface area contributed by atoms with Crippen molar-refractivity contribution in [2.24, 2.45) is 0 Å². The van der Waals surface area contributed by atoms with Gasteiger partial charge in [0.25, 0.3) is 0 Å². The number of hydrogen-bond acceptors (Lipinski definition) is 11. The van der Waals surface area contributed by atoms with Crippen LogP contribution in [0.2, 0.25) is 0 Å². The van der Waals surface area contributed by atoms with Gasteiger partial charge in [-0.15, -0.1) is 171 Å². The van der Waals surface area contributed by atoms with Gasteiger partial charge in [-0.05, 0) is 237 Å². The van der Waals surface area contributed by atoms with Crippen molar-refractivity contribution in [3.05, 3.63) is 459 Å². The minimum Gasteiger partial charge on any atom is -0.417 e. The zero-order valence-electron chi connectivity index (χ0n) is 77.9. The fraction of sp³-hybridized carbons (Fsp3) is 0.109. The number of imidazole rings is 1. The Morgan fingerprint density at radius 2 is 0.891 bits per heavy atom. The molecule has 10 heterocycles. The topological polar surface area (TPSA) is 122 Å². The Labute approximate surface area is 886 Å². The average molecular weight is 2730 g/mol. The number of rotatable bonds is 14. The molecule has 0 unspecified atom stereocenters. The molecule has 21 rings (SSSR count). The zero-order chi connectivity index (χ0) is 91.6. The summed E-state index contributed by atoms with van der Waals surface area (Å²) in [5, 5.41) is 17.1. The number of benzene rings is 11. The normalized spacial score (nSPS) is 10.4. The number of hydrogen-bond donors (Lipinski definition) is 0. The molecule has 0 aliphatic rings. The average Bonchev–Trinajstić information content (AvgIpc) is 1.71. The fourth-order valence-corrected chi connectivity index (χ4v) is 18.3. The molecule has 137 heavy (non-hydrogen) atoms. The number of nitrogens with zero attached hydrogens (tertiary/aromatic N) is 10. The summed E-state index contributed by atoms with van der Waals surface area (Å²) in [5.41, 5.74) is 38.0. The van der Waals surface area contributed by atoms with Gasteiger partial charge in [-0.25, -0.2) is 11.3 Å². The Hall–Kier alpha value is -11.8. The predicted molar refractivity (Wildman–Crippen MR) is 551 cm³/mol. The number of fused-ring (bicyclic) bond motifs is 1. The van der Waals surface area contributed by atoms with E-state index in [-0.39, 0.29) is 101 Å². The van der Waals surface area contributed by atoms with Crippen molar-refractivity contribution in [2.45, 2.75) is 90.0 Å². The Bertz CT molecular complexity index is 7300. The summed E-state index contributed by atoms with van der Waals surface area (Å²) in [6.45, 7) is 27.6. The number of pyridine rings is 5. The smallest absolute Gasteiger partial charge is 0.0774 e. The van der Waals surface area contributed by atoms with E-state index in [1.54, 1.807) is 34.0 Å². The number of aromatic nitrogens is 10. The van der Waals surface area contributed by atoms with E-state index < -0.39 is 0 Å². The molecule has 21 aromatic rings. The van der Waals surface area contributed by atoms with Crippen molar-refractivity contribution in [1.29, 1.82) is 0 Å². The van der Waals surface area contributed by atoms with Crippen LogP contribution >= 0.6 is 34.0 Å². The molecule has 10 nitrogen and oxygen atoms in total. The standard InChI is InChI=1S/C27H27N2.C22H16N.C19H15N4S.2C18H14N.C15H12NS2.4Ir.Pt/c1-17-8-11-23(12-9-17)27-28-25(24-15-18(2)7-10-20(24)4)16-29(27)26-21(5)13-19(3)14-22(26)6;1-16-8-7-12-19(14-16)21-15-18-11-5-6-13-20(18)22(23-21)17-9-3-2-4-10-17;1-12-11-24-17(13(12)2)15-8-9-16(20-10-15)19-21-18(22-23-19)14-6-4-3-5-7-14;2*1-14-8-5-6-11-16(14)18-13-7-12-17(19-18)15-9-3-2-4-10-15;1-10-6-14(17-8-10)12-4-3-5-13(16-12)15-7-11(2)9-18-15;;;;;/h7-11,13-16H,1-6H3;2-9,11-15H,1H3;3-11H,1-2H3;2*2-9,11-13H,1H3;3-6,8-9H,1-2H3;;;;;/q6*-1;;;;;. The largest absolute Gasteiger partial charge is 0.417 e. The summed E-state index contributed by atoms with van der Waals surface area (Å²) in [7, 11) is 0. The maximum atomic E-state index is 5.10. The molecule has 0 bridgehead atoms. The van der Waals surface area contributed by atoms with Crippen LogP contribution in [0.4, 0.5) is 0 Å². The van der Waals surface area contributed by atoms with E-state index in [2.05, 4.69) is 331 Å². The molecule has 0 atom stereocenters. The van der Waals surface area contributed by atoms with E-state index in [0.29, 0.717) is 11.6 Å². The van der Waals surface area contributed by atoms with Crippen LogP contribution in [0.15, 0.2) is 356 Å². The first kappa shape index (κ1) is 106. The molecule has 0 fully saturated rings. The van der Waals surface area contributed by atoms with E-state index in [9.17, 15) is 0 Å². The Balaban J connectivity index is 0.000000158. The molecule has 0 aliphatic carbocycles. The van der Waals surface area contributed by atoms with Crippen LogP contribution in [0.5, 0.6) is 0 Å². The van der Waals surface area contributed by atoms with Crippen molar-refractivity contribution in [2.75, 3.05) is 0 Å². The van der Waals surface area contributed by atoms with Crippen LogP contribution in [-0.4, -0.2) is 44.6 Å². The third-order valence-corrected chi connectivity index (χ3v) is 25.8. The summed E-state index contributed by atoms with van der Waals surface area (Å²) < 4.78 is 2.24. The third kappa shape index (κ3) is 27.0. The predicted octanol–water partition coefficient (Wildman–Crippen LogP) is 31.0. The van der Waals surface area contributed by atoms with Gasteiger partial charge in [0.2, 0.25) is 0 Å². The molecular weight excluding hydrogens is 2630 g/mol. The second-order valence-electron chi connectivity index (χ2n) is 32.8. The Morgan fingerprint density at radius 3 is 1.46 bits per heavy atom. The van der Waals surface area contributed by atoms with Crippen LogP contribution < -0.4 is 5.10 Å². The van der Waals surface area contributed by atoms with Crippen molar-refractivity contribution < 1.29 is 101 Å². The summed E-state index contributed by atoms with van der Waals surface area (Å²) in [5.74, 6) is 2.11. The number of thiophene rings is 3. The molecular formula is C119H98Ir4N10PtS3-6. The summed E-state index contributed by atoms with van der Waals surface area (Å²) in [6.07, 6.45) is 4.06. The maximum absolute atomic E-state index is 5.10. The van der Waals surface area contributed by atoms with E-state index in [0.717, 1.165) is 112 Å². The molecule has 0 amide bonds. The SMILES string of the molecule is Cc1[c-]c(-c2cccc(-c3cc(C)cs3)n2)sc1.Cc1c[c-]c(-c2nc(-c3cc(C)ccc3C)cn2-c2c(C)cc(C)cc2C)cc1.Cc1cccc(-c2cc3ccccc3c(-c3[c-]cccc3)n2)c1.Cc1ccccc1-c1cccc(-c2[c-]cccc2)n1.Cc1ccccc1-c1cccc(-c2[c-]cccc2)n1.Cc1csc(-c2ccc(-c3nc(-c4ccccc4)n[n-]3)nc2)c1C.[Ir].[Ir].[Ir].[Ir].[Pt]. The Morgan fingerprint density at radius 1 is 0.328 bits per heavy atom. The molecule has 0 N–H and O–H groups in total. The van der Waals surface area contributed by atoms with Gasteiger partial charge in [0.05, 0.1) is 50.7 Å². The molecule has 10 aromatic heterocycles. The summed E-state index contributed by atoms with van der Waals surface area (Å²) in [6, 6.07) is 128. The van der Waals surface area contributed by atoms with Gasteiger partial charge in [0.1, 0.15) is 0 Å². The summed E-state index contributed by atoms with van der Waals surface area (Å²) in [4.78, 5) is 36.9. The van der Waals surface area contributed by atoms with E-state index in [1.807, 2.05) is 170 Å². The molecule has 0 saturated carbocycles. The van der Waals surface area contributed by atoms with Crippen molar-refractivity contribution in [1.82, 2.24) is 49.7 Å². The van der Waals surface area contributed by atoms with E-state index >= 15 is 0 Å². The molecule has 4 radical (unpaired) electrons. The zero-order valence-corrected chi connectivity index (χ0v) is 92.2. The van der Waals surface area contributed by atoms with Crippen LogP contribution in [0.25, 0.3) is 161 Å². The van der Waals surface area contributed by atoms with Gasteiger partial charge in [-0.3, -0.25) is 30.0 Å². The molecule has 694 valence electrons. The van der Waals surface area contributed by atoms with Gasteiger partial charge in [-0.2, -0.15) is 11.6 Å². The van der Waals surface area contributed by atoms with Crippen molar-refractivity contribution in [3.63, 3.8) is 0 Å². The van der Waals surface area contributed by atoms with Crippen molar-refractivity contribution in [3.8, 4) is 150 Å². The second kappa shape index (κ2) is 50.5. The molecule has 0 aliphatic heterocycles. The van der Waals surface area contributed by atoms with Crippen LogP contribution in [0.3, 0.4) is 0 Å². The first-order valence-electron chi connectivity index (χ1n) is 43.9. The van der Waals surface area contributed by atoms with Gasteiger partial charge >= 0.3 is 0 Å². The van der Waals surface area contributed by atoms with Gasteiger partial charge < -0.3 is 19.6 Å². The van der Waals surface area contributed by atoms with Gasteiger partial charge in [0.15, 0.2) is 0 Å². The second-order valence-corrected chi connectivity index (χ2v) is 35.5. The summed E-state index contributed by atoms with van der Waals surface area (Å²) >= 11 is 5.19. The maximum Gasteiger partial charge on any atom is 0.0774 e. The van der Waals surface area contributed by atoms with Gasteiger partial charge in [-0.1, -0.05) is 217 Å². The number of aryl methyl sites for hydroxylation is 12. The fourth-order valence-electron chi connectivity index (χ4n) is 15.5. The van der Waals surface area contributed by atoms with E-state index in [1.165, 1.54) is 110 Å². The van der Waals surface area contributed by atoms with Gasteiger partial charge in [0, 0.05) is 147 Å². The van der Waals surface area contributed by atoms with E-state index in [4.69, 9.17) is 24.9 Å². The first-order valence-corrected chi connectivity index (χ1v) is 46.5. The first-order chi connectivity index (χ1) is 64.3. The quantitative estimate of drug-likeness (QED) is 0.0980. The molecule has 0 spiro atoms. The van der Waals surface area contributed by atoms with Crippen LogP contribution in [0, 0.1) is 120 Å². The molecule has 18 heteroatoms.